The Kier molecular flexibility index (Phi) is 3.10. The van der Waals surface area contributed by atoms with Gasteiger partial charge in [-0.3, -0.25) is 4.57 Å². The van der Waals surface area contributed by atoms with Crippen molar-refractivity contribution in [3.05, 3.63) is 52.6 Å². The number of rotatable bonds is 4. The molecule has 1 aromatic heterocycles. The van der Waals surface area contributed by atoms with Crippen molar-refractivity contribution in [2.24, 2.45) is 0 Å². The first kappa shape index (κ1) is 10.5. The third-order valence-corrected chi connectivity index (χ3v) is 2.17. The lowest BCUT2D eigenvalue weighted by Gasteiger charge is -1.99. The standard InChI is InChI=1S/C12H13NO3/c1-2-15-11-9-13(12(14)16-11)8-10-6-4-3-5-7-10/h3-7,9H,2,8H2,1H3. The van der Waals surface area contributed by atoms with Crippen molar-refractivity contribution in [1.82, 2.24) is 4.57 Å². The predicted molar refractivity (Wildman–Crippen MR) is 59.7 cm³/mol. The van der Waals surface area contributed by atoms with Crippen LogP contribution in [0.3, 0.4) is 0 Å². The van der Waals surface area contributed by atoms with Crippen molar-refractivity contribution in [2.75, 3.05) is 6.61 Å². The highest BCUT2D eigenvalue weighted by Gasteiger charge is 2.06. The summed E-state index contributed by atoms with van der Waals surface area (Å²) in [5.74, 6) is -0.129. The van der Waals surface area contributed by atoms with Crippen LogP contribution in [0, 0.1) is 0 Å². The second-order valence-electron chi connectivity index (χ2n) is 3.36. The van der Waals surface area contributed by atoms with Gasteiger partial charge in [-0.2, -0.15) is 0 Å². The molecule has 1 aromatic carbocycles. The van der Waals surface area contributed by atoms with Gasteiger partial charge in [0, 0.05) is 0 Å². The van der Waals surface area contributed by atoms with E-state index in [9.17, 15) is 4.79 Å². The lowest BCUT2D eigenvalue weighted by molar-refractivity contribution is 0.250. The highest BCUT2D eigenvalue weighted by molar-refractivity contribution is 5.15. The van der Waals surface area contributed by atoms with E-state index in [1.165, 1.54) is 4.57 Å². The lowest BCUT2D eigenvalue weighted by Crippen LogP contribution is -2.13. The summed E-state index contributed by atoms with van der Waals surface area (Å²) in [6.45, 7) is 2.82. The third-order valence-electron chi connectivity index (χ3n) is 2.17. The summed E-state index contributed by atoms with van der Waals surface area (Å²) in [6, 6.07) is 9.72. The molecule has 0 atom stereocenters. The molecule has 0 bridgehead atoms. The molecule has 1 heterocycles. The van der Waals surface area contributed by atoms with Gasteiger partial charge in [0.25, 0.3) is 0 Å². The maximum atomic E-state index is 11.4. The maximum absolute atomic E-state index is 11.4. The minimum atomic E-state index is -0.396. The molecule has 0 spiro atoms. The van der Waals surface area contributed by atoms with Crippen molar-refractivity contribution in [3.8, 4) is 5.95 Å². The van der Waals surface area contributed by atoms with E-state index in [4.69, 9.17) is 9.15 Å². The van der Waals surface area contributed by atoms with E-state index >= 15 is 0 Å². The largest absolute Gasteiger partial charge is 0.464 e. The first-order chi connectivity index (χ1) is 7.79. The van der Waals surface area contributed by atoms with E-state index in [2.05, 4.69) is 0 Å². The number of benzene rings is 1. The van der Waals surface area contributed by atoms with Gasteiger partial charge in [0.2, 0.25) is 0 Å². The summed E-state index contributed by atoms with van der Waals surface area (Å²) in [5, 5.41) is 0. The van der Waals surface area contributed by atoms with Gasteiger partial charge in [0.15, 0.2) is 0 Å². The predicted octanol–water partition coefficient (Wildman–Crippen LogP) is 1.89. The fourth-order valence-corrected chi connectivity index (χ4v) is 1.45. The second-order valence-corrected chi connectivity index (χ2v) is 3.36. The summed E-state index contributed by atoms with van der Waals surface area (Å²) in [5.41, 5.74) is 1.05. The van der Waals surface area contributed by atoms with Crippen molar-refractivity contribution >= 4 is 0 Å². The van der Waals surface area contributed by atoms with Crippen LogP contribution in [0.4, 0.5) is 0 Å². The highest BCUT2D eigenvalue weighted by Crippen LogP contribution is 2.08. The summed E-state index contributed by atoms with van der Waals surface area (Å²) < 4.78 is 11.5. The van der Waals surface area contributed by atoms with Crippen LogP contribution < -0.4 is 10.5 Å². The van der Waals surface area contributed by atoms with E-state index in [0.29, 0.717) is 13.2 Å². The van der Waals surface area contributed by atoms with E-state index in [-0.39, 0.29) is 5.95 Å². The van der Waals surface area contributed by atoms with Gasteiger partial charge in [-0.25, -0.2) is 4.79 Å². The monoisotopic (exact) mass is 219 g/mol. The second kappa shape index (κ2) is 4.70. The summed E-state index contributed by atoms with van der Waals surface area (Å²) in [7, 11) is 0. The van der Waals surface area contributed by atoms with Crippen LogP contribution in [0.15, 0.2) is 45.7 Å². The molecule has 2 rings (SSSR count). The molecule has 0 N–H and O–H groups in total. The zero-order valence-corrected chi connectivity index (χ0v) is 9.05. The molecular formula is C12H13NO3. The van der Waals surface area contributed by atoms with Crippen LogP contribution >= 0.6 is 0 Å². The van der Waals surface area contributed by atoms with Crippen LogP contribution in [0.2, 0.25) is 0 Å². The molecule has 0 saturated heterocycles. The van der Waals surface area contributed by atoms with Crippen LogP contribution in [0.5, 0.6) is 5.95 Å². The number of ether oxygens (including phenoxy) is 1. The normalized spacial score (nSPS) is 10.3. The van der Waals surface area contributed by atoms with Crippen molar-refractivity contribution in [1.29, 1.82) is 0 Å². The molecule has 0 amide bonds. The van der Waals surface area contributed by atoms with Crippen LogP contribution in [0.25, 0.3) is 0 Å². The van der Waals surface area contributed by atoms with Gasteiger partial charge in [0.05, 0.1) is 19.3 Å². The fourth-order valence-electron chi connectivity index (χ4n) is 1.45. The molecule has 0 radical (unpaired) electrons. The molecule has 0 saturated carbocycles. The number of hydrogen-bond acceptors (Lipinski definition) is 3. The fraction of sp³-hybridized carbons (Fsp3) is 0.250. The van der Waals surface area contributed by atoms with Gasteiger partial charge < -0.3 is 9.15 Å². The average molecular weight is 219 g/mol. The highest BCUT2D eigenvalue weighted by atomic mass is 16.6. The Morgan fingerprint density at radius 3 is 2.75 bits per heavy atom. The van der Waals surface area contributed by atoms with E-state index in [1.54, 1.807) is 6.20 Å². The van der Waals surface area contributed by atoms with Crippen LogP contribution in [0.1, 0.15) is 12.5 Å². The number of nitrogens with zero attached hydrogens (tertiary/aromatic N) is 1. The van der Waals surface area contributed by atoms with E-state index in [0.717, 1.165) is 5.56 Å². The first-order valence-electron chi connectivity index (χ1n) is 5.16. The van der Waals surface area contributed by atoms with Crippen molar-refractivity contribution < 1.29 is 9.15 Å². The zero-order valence-electron chi connectivity index (χ0n) is 9.05. The van der Waals surface area contributed by atoms with E-state index in [1.807, 2.05) is 37.3 Å². The van der Waals surface area contributed by atoms with E-state index < -0.39 is 5.76 Å². The Hall–Kier alpha value is -1.97. The van der Waals surface area contributed by atoms with Crippen molar-refractivity contribution in [3.63, 3.8) is 0 Å². The lowest BCUT2D eigenvalue weighted by atomic mass is 10.2. The molecule has 4 nitrogen and oxygen atoms in total. The summed E-state index contributed by atoms with van der Waals surface area (Å²) in [6.07, 6.45) is 1.58. The molecule has 0 aliphatic heterocycles. The Labute approximate surface area is 93.1 Å². The average Bonchev–Trinajstić information content (AvgIpc) is 2.61. The molecule has 4 heteroatoms. The Morgan fingerprint density at radius 2 is 2.06 bits per heavy atom. The maximum Gasteiger partial charge on any atom is 0.422 e. The molecule has 84 valence electrons. The minimum Gasteiger partial charge on any atom is -0.464 e. The Balaban J connectivity index is 2.19. The molecule has 0 aliphatic carbocycles. The zero-order chi connectivity index (χ0) is 11.4. The van der Waals surface area contributed by atoms with Gasteiger partial charge in [-0.05, 0) is 12.5 Å². The SMILES string of the molecule is CCOc1cn(Cc2ccccc2)c(=O)o1. The van der Waals surface area contributed by atoms with Crippen molar-refractivity contribution in [2.45, 2.75) is 13.5 Å². The topological polar surface area (TPSA) is 44.4 Å². The number of aromatic nitrogens is 1. The van der Waals surface area contributed by atoms with Gasteiger partial charge in [0.1, 0.15) is 0 Å². The molecular weight excluding hydrogens is 206 g/mol. The molecule has 0 unspecified atom stereocenters. The first-order valence-corrected chi connectivity index (χ1v) is 5.16. The van der Waals surface area contributed by atoms with Crippen LogP contribution in [-0.2, 0) is 6.54 Å². The number of hydrogen-bond donors (Lipinski definition) is 0. The Morgan fingerprint density at radius 1 is 1.31 bits per heavy atom. The van der Waals surface area contributed by atoms with Gasteiger partial charge in [-0.1, -0.05) is 30.3 Å². The Bertz CT molecular complexity index is 498. The quantitative estimate of drug-likeness (QED) is 0.788. The molecule has 0 aliphatic rings. The molecule has 2 aromatic rings. The molecule has 16 heavy (non-hydrogen) atoms. The summed E-state index contributed by atoms with van der Waals surface area (Å²) >= 11 is 0. The number of oxazole rings is 1. The van der Waals surface area contributed by atoms with Gasteiger partial charge >= 0.3 is 11.7 Å². The molecule has 0 fully saturated rings. The minimum absolute atomic E-state index is 0.267. The summed E-state index contributed by atoms with van der Waals surface area (Å²) in [4.78, 5) is 11.4. The van der Waals surface area contributed by atoms with Crippen LogP contribution in [-0.4, -0.2) is 11.2 Å². The smallest absolute Gasteiger partial charge is 0.422 e. The third kappa shape index (κ3) is 2.34. The van der Waals surface area contributed by atoms with Gasteiger partial charge in [-0.15, -0.1) is 0 Å².